The summed E-state index contributed by atoms with van der Waals surface area (Å²) < 4.78 is 44.1. The number of carboxylic acid groups (broad SMARTS) is 1. The number of aromatic hydroxyl groups is 1. The monoisotopic (exact) mass is 349 g/mol. The fourth-order valence-electron chi connectivity index (χ4n) is 1.88. The number of halogens is 3. The van der Waals surface area contributed by atoms with Crippen LogP contribution in [0.3, 0.4) is 0 Å². The van der Waals surface area contributed by atoms with Gasteiger partial charge in [-0.3, -0.25) is 10.1 Å². The number of hydrogen-bond acceptors (Lipinski definition) is 4. The molecule has 1 atom stereocenters. The van der Waals surface area contributed by atoms with Crippen LogP contribution in [0.2, 0.25) is 0 Å². The second-order valence-electron chi connectivity index (χ2n) is 6.10. The van der Waals surface area contributed by atoms with E-state index in [0.717, 1.165) is 18.2 Å². The van der Waals surface area contributed by atoms with Crippen LogP contribution in [0.15, 0.2) is 18.2 Å². The first kappa shape index (κ1) is 19.6. The lowest BCUT2D eigenvalue weighted by atomic mass is 9.94. The van der Waals surface area contributed by atoms with Crippen molar-refractivity contribution in [2.75, 3.05) is 5.32 Å². The van der Waals surface area contributed by atoms with Gasteiger partial charge in [0.05, 0.1) is 18.0 Å². The fourth-order valence-corrected chi connectivity index (χ4v) is 1.88. The predicted molar refractivity (Wildman–Crippen MR) is 79.0 cm³/mol. The third-order valence-electron chi connectivity index (χ3n) is 2.83. The second kappa shape index (κ2) is 6.98. The Bertz CT molecular complexity index is 623. The van der Waals surface area contributed by atoms with E-state index in [-0.39, 0.29) is 5.69 Å². The Morgan fingerprint density at radius 1 is 1.25 bits per heavy atom. The number of carboxylic acids is 1. The largest absolute Gasteiger partial charge is 0.506 e. The van der Waals surface area contributed by atoms with Crippen molar-refractivity contribution in [2.45, 2.75) is 44.9 Å². The number of ether oxygens (including phenoxy) is 1. The van der Waals surface area contributed by atoms with Crippen LogP contribution in [0.4, 0.5) is 23.7 Å². The molecule has 6 nitrogen and oxygen atoms in total. The SMILES string of the molecule is CC(C)(C)OC(=O)Nc1cc(C(CC(=O)O)C(F)(F)F)ccc1O. The molecular formula is C15H18F3NO5. The Morgan fingerprint density at radius 2 is 1.83 bits per heavy atom. The number of carbonyl (C=O) groups is 2. The molecule has 1 unspecified atom stereocenters. The maximum absolute atomic E-state index is 13.0. The Hall–Kier alpha value is -2.45. The Labute approximate surface area is 136 Å². The number of phenols is 1. The molecule has 0 saturated carbocycles. The van der Waals surface area contributed by atoms with E-state index in [1.807, 2.05) is 0 Å². The van der Waals surface area contributed by atoms with Crippen molar-refractivity contribution in [2.24, 2.45) is 0 Å². The summed E-state index contributed by atoms with van der Waals surface area (Å²) in [4.78, 5) is 22.4. The van der Waals surface area contributed by atoms with Crippen molar-refractivity contribution in [3.8, 4) is 5.75 Å². The number of anilines is 1. The molecule has 0 fully saturated rings. The van der Waals surface area contributed by atoms with Crippen molar-refractivity contribution < 1.29 is 37.7 Å². The van der Waals surface area contributed by atoms with Crippen LogP contribution in [0.1, 0.15) is 38.7 Å². The number of benzene rings is 1. The van der Waals surface area contributed by atoms with Crippen LogP contribution in [-0.2, 0) is 9.53 Å². The molecule has 0 saturated heterocycles. The van der Waals surface area contributed by atoms with Crippen LogP contribution in [0.25, 0.3) is 0 Å². The van der Waals surface area contributed by atoms with Gasteiger partial charge < -0.3 is 14.9 Å². The van der Waals surface area contributed by atoms with E-state index in [9.17, 15) is 27.9 Å². The van der Waals surface area contributed by atoms with Crippen molar-refractivity contribution in [3.63, 3.8) is 0 Å². The fraction of sp³-hybridized carbons (Fsp3) is 0.467. The Kier molecular flexibility index (Phi) is 5.70. The summed E-state index contributed by atoms with van der Waals surface area (Å²) in [5.74, 6) is -4.36. The van der Waals surface area contributed by atoms with Crippen molar-refractivity contribution in [3.05, 3.63) is 23.8 Å². The van der Waals surface area contributed by atoms with Gasteiger partial charge in [0.15, 0.2) is 0 Å². The molecule has 1 amide bonds. The summed E-state index contributed by atoms with van der Waals surface area (Å²) in [6.45, 7) is 4.78. The molecule has 0 aliphatic rings. The molecular weight excluding hydrogens is 331 g/mol. The number of hydrogen-bond donors (Lipinski definition) is 3. The molecule has 3 N–H and O–H groups in total. The van der Waals surface area contributed by atoms with Gasteiger partial charge in [0, 0.05) is 0 Å². The Morgan fingerprint density at radius 3 is 2.29 bits per heavy atom. The standard InChI is InChI=1S/C15H18F3NO5/c1-14(2,3)24-13(23)19-10-6-8(4-5-11(10)20)9(7-12(21)22)15(16,17)18/h4-6,9,20H,7H2,1-3H3,(H,19,23)(H,21,22). The average molecular weight is 349 g/mol. The van der Waals surface area contributed by atoms with Gasteiger partial charge in [0.25, 0.3) is 0 Å². The molecule has 24 heavy (non-hydrogen) atoms. The summed E-state index contributed by atoms with van der Waals surface area (Å²) in [5.41, 5.74) is -1.54. The number of amides is 1. The molecule has 9 heteroatoms. The molecule has 0 spiro atoms. The van der Waals surface area contributed by atoms with Gasteiger partial charge in [-0.25, -0.2) is 4.79 Å². The number of aliphatic carboxylic acids is 1. The number of nitrogens with one attached hydrogen (secondary N) is 1. The van der Waals surface area contributed by atoms with E-state index in [1.165, 1.54) is 0 Å². The molecule has 134 valence electrons. The number of alkyl halides is 3. The molecule has 1 rings (SSSR count). The molecule has 1 aromatic carbocycles. The van der Waals surface area contributed by atoms with Gasteiger partial charge in [-0.05, 0) is 38.5 Å². The Balaban J connectivity index is 3.11. The summed E-state index contributed by atoms with van der Waals surface area (Å²) in [6.07, 6.45) is -6.92. The molecule has 0 aromatic heterocycles. The first-order valence-electron chi connectivity index (χ1n) is 6.91. The lowest BCUT2D eigenvalue weighted by molar-refractivity contribution is -0.163. The van der Waals surface area contributed by atoms with Crippen molar-refractivity contribution in [1.82, 2.24) is 0 Å². The van der Waals surface area contributed by atoms with Crippen LogP contribution < -0.4 is 5.32 Å². The van der Waals surface area contributed by atoms with Gasteiger partial charge in [-0.1, -0.05) is 6.07 Å². The maximum atomic E-state index is 13.0. The van der Waals surface area contributed by atoms with Crippen molar-refractivity contribution >= 4 is 17.7 Å². The van der Waals surface area contributed by atoms with Gasteiger partial charge in [0.2, 0.25) is 0 Å². The zero-order valence-corrected chi connectivity index (χ0v) is 13.3. The van der Waals surface area contributed by atoms with Crippen molar-refractivity contribution in [1.29, 1.82) is 0 Å². The summed E-state index contributed by atoms with van der Waals surface area (Å²) in [7, 11) is 0. The van der Waals surface area contributed by atoms with Gasteiger partial charge in [-0.2, -0.15) is 13.2 Å². The van der Waals surface area contributed by atoms with Crippen LogP contribution in [0, 0.1) is 0 Å². The molecule has 0 aliphatic heterocycles. The maximum Gasteiger partial charge on any atom is 0.412 e. The first-order chi connectivity index (χ1) is 10.8. The number of phenolic OH excluding ortho intramolecular Hbond substituents is 1. The lowest BCUT2D eigenvalue weighted by Crippen LogP contribution is -2.27. The topological polar surface area (TPSA) is 95.9 Å². The summed E-state index contributed by atoms with van der Waals surface area (Å²) in [6, 6.07) is 2.78. The lowest BCUT2D eigenvalue weighted by Gasteiger charge is -2.22. The van der Waals surface area contributed by atoms with Gasteiger partial charge >= 0.3 is 18.2 Å². The molecule has 0 bridgehead atoms. The van der Waals surface area contributed by atoms with Gasteiger partial charge in [0.1, 0.15) is 11.4 Å². The normalized spacial score (nSPS) is 13.2. The highest BCUT2D eigenvalue weighted by atomic mass is 19.4. The van der Waals surface area contributed by atoms with E-state index in [1.54, 1.807) is 20.8 Å². The minimum absolute atomic E-state index is 0.304. The zero-order valence-electron chi connectivity index (χ0n) is 13.3. The highest BCUT2D eigenvalue weighted by Crippen LogP contribution is 2.39. The van der Waals surface area contributed by atoms with E-state index < -0.39 is 47.5 Å². The average Bonchev–Trinajstić information content (AvgIpc) is 2.35. The van der Waals surface area contributed by atoms with Crippen LogP contribution in [0.5, 0.6) is 5.75 Å². The van der Waals surface area contributed by atoms with E-state index >= 15 is 0 Å². The number of carbonyl (C=O) groups excluding carboxylic acids is 1. The molecule has 1 aromatic rings. The van der Waals surface area contributed by atoms with Crippen LogP contribution >= 0.6 is 0 Å². The van der Waals surface area contributed by atoms with E-state index in [2.05, 4.69) is 5.32 Å². The third kappa shape index (κ3) is 5.98. The van der Waals surface area contributed by atoms with Gasteiger partial charge in [-0.15, -0.1) is 0 Å². The zero-order chi connectivity index (χ0) is 18.7. The predicted octanol–water partition coefficient (Wildman–Crippen LogP) is 3.86. The first-order valence-corrected chi connectivity index (χ1v) is 6.91. The molecule has 0 aliphatic carbocycles. The third-order valence-corrected chi connectivity index (χ3v) is 2.83. The highest BCUT2D eigenvalue weighted by Gasteiger charge is 2.42. The number of rotatable bonds is 4. The minimum Gasteiger partial charge on any atom is -0.506 e. The van der Waals surface area contributed by atoms with E-state index in [0.29, 0.717) is 0 Å². The smallest absolute Gasteiger partial charge is 0.412 e. The minimum atomic E-state index is -4.79. The van der Waals surface area contributed by atoms with E-state index in [4.69, 9.17) is 9.84 Å². The molecule has 0 heterocycles. The quantitative estimate of drug-likeness (QED) is 0.718. The summed E-state index contributed by atoms with van der Waals surface area (Å²) in [5, 5.41) is 20.5. The highest BCUT2D eigenvalue weighted by molar-refractivity contribution is 5.87. The second-order valence-corrected chi connectivity index (χ2v) is 6.10. The van der Waals surface area contributed by atoms with Crippen LogP contribution in [-0.4, -0.2) is 34.1 Å². The summed E-state index contributed by atoms with van der Waals surface area (Å²) >= 11 is 0. The molecule has 0 radical (unpaired) electrons.